The predicted octanol–water partition coefficient (Wildman–Crippen LogP) is 1.66. The van der Waals surface area contributed by atoms with Crippen molar-refractivity contribution in [3.8, 4) is 12.3 Å². The lowest BCUT2D eigenvalue weighted by Crippen LogP contribution is -2.58. The molecule has 1 aliphatic heterocycles. The third-order valence-corrected chi connectivity index (χ3v) is 6.50. The van der Waals surface area contributed by atoms with Gasteiger partial charge in [0.05, 0.1) is 10.8 Å². The minimum atomic E-state index is -1.41. The first-order valence-electron chi connectivity index (χ1n) is 9.16. The number of hydrogen-bond acceptors (Lipinski definition) is 7. The first-order chi connectivity index (χ1) is 13.4. The average molecular weight is 403 g/mol. The van der Waals surface area contributed by atoms with Gasteiger partial charge in [0.25, 0.3) is 0 Å². The number of rotatable bonds is 4. The van der Waals surface area contributed by atoms with E-state index in [4.69, 9.17) is 33.2 Å². The second-order valence-corrected chi connectivity index (χ2v) is 8.37. The first-order valence-corrected chi connectivity index (χ1v) is 9.54. The SMILES string of the molecule is C#C[C@]1(COC(=O)C23CC(C2)C3)O[C@@H](n2ccc3c(N)nc(Cl)nc32)C[C@@H]1O. The van der Waals surface area contributed by atoms with Gasteiger partial charge in [0, 0.05) is 12.6 Å². The summed E-state index contributed by atoms with van der Waals surface area (Å²) in [5.41, 5.74) is 4.63. The summed E-state index contributed by atoms with van der Waals surface area (Å²) in [5.74, 6) is 3.17. The fraction of sp³-hybridized carbons (Fsp3) is 0.526. The van der Waals surface area contributed by atoms with Gasteiger partial charge in [0.1, 0.15) is 30.4 Å². The Morgan fingerprint density at radius 2 is 2.25 bits per heavy atom. The van der Waals surface area contributed by atoms with E-state index in [1.807, 2.05) is 0 Å². The van der Waals surface area contributed by atoms with Crippen LogP contribution in [0.5, 0.6) is 0 Å². The number of esters is 1. The Kier molecular flexibility index (Phi) is 3.69. The van der Waals surface area contributed by atoms with E-state index >= 15 is 0 Å². The Bertz CT molecular complexity index is 1010. The van der Waals surface area contributed by atoms with Crippen LogP contribution in [0.15, 0.2) is 12.3 Å². The summed E-state index contributed by atoms with van der Waals surface area (Å²) >= 11 is 5.93. The van der Waals surface area contributed by atoms with Gasteiger partial charge in [-0.05, 0) is 42.8 Å². The number of nitrogens with zero attached hydrogens (tertiary/aromatic N) is 3. The minimum Gasteiger partial charge on any atom is -0.461 e. The predicted molar refractivity (Wildman–Crippen MR) is 100.0 cm³/mol. The molecule has 28 heavy (non-hydrogen) atoms. The zero-order valence-corrected chi connectivity index (χ0v) is 15.7. The van der Waals surface area contributed by atoms with Gasteiger partial charge in [0.15, 0.2) is 5.60 Å². The average Bonchev–Trinajstić information content (AvgIpc) is 3.12. The minimum absolute atomic E-state index is 0.0131. The van der Waals surface area contributed by atoms with Crippen LogP contribution in [0.2, 0.25) is 5.28 Å². The number of hydrogen-bond donors (Lipinski definition) is 2. The number of halogens is 1. The van der Waals surface area contributed by atoms with Crippen molar-refractivity contribution in [2.24, 2.45) is 11.3 Å². The van der Waals surface area contributed by atoms with Crippen LogP contribution in [0.4, 0.5) is 5.82 Å². The van der Waals surface area contributed by atoms with Crippen LogP contribution in [-0.2, 0) is 14.3 Å². The van der Waals surface area contributed by atoms with E-state index in [1.165, 1.54) is 0 Å². The van der Waals surface area contributed by atoms with Crippen molar-refractivity contribution in [1.29, 1.82) is 0 Å². The molecule has 3 aliphatic carbocycles. The van der Waals surface area contributed by atoms with Crippen LogP contribution in [0.25, 0.3) is 11.0 Å². The molecule has 4 aliphatic rings. The zero-order valence-electron chi connectivity index (χ0n) is 15.0. The molecule has 3 saturated carbocycles. The van der Waals surface area contributed by atoms with E-state index in [0.717, 1.165) is 19.3 Å². The van der Waals surface area contributed by atoms with Gasteiger partial charge in [-0.1, -0.05) is 5.92 Å². The molecule has 3 heterocycles. The van der Waals surface area contributed by atoms with E-state index in [1.54, 1.807) is 16.8 Å². The Hall–Kier alpha value is -2.34. The molecule has 0 amide bonds. The summed E-state index contributed by atoms with van der Waals surface area (Å²) in [6.45, 7) is -0.191. The van der Waals surface area contributed by atoms with E-state index in [2.05, 4.69) is 15.9 Å². The molecular weight excluding hydrogens is 384 g/mol. The number of ether oxygens (including phenoxy) is 2. The maximum absolute atomic E-state index is 12.4. The van der Waals surface area contributed by atoms with E-state index in [9.17, 15) is 9.90 Å². The lowest BCUT2D eigenvalue weighted by atomic mass is 9.44. The van der Waals surface area contributed by atoms with Gasteiger partial charge < -0.3 is 24.9 Å². The van der Waals surface area contributed by atoms with Crippen molar-refractivity contribution in [2.75, 3.05) is 12.3 Å². The number of aliphatic hydroxyl groups is 1. The Labute approximate surface area is 166 Å². The number of nitrogens with two attached hydrogens (primary N) is 1. The molecule has 3 N–H and O–H groups in total. The van der Waals surface area contributed by atoms with Gasteiger partial charge in [-0.25, -0.2) is 4.98 Å². The first kappa shape index (κ1) is 17.7. The molecule has 0 spiro atoms. The highest BCUT2D eigenvalue weighted by Gasteiger charge is 2.63. The molecule has 2 bridgehead atoms. The van der Waals surface area contributed by atoms with Crippen LogP contribution in [-0.4, -0.2) is 43.9 Å². The number of anilines is 1. The number of aromatic nitrogens is 3. The molecule has 1 saturated heterocycles. The van der Waals surface area contributed by atoms with Crippen LogP contribution in [0, 0.1) is 23.7 Å². The van der Waals surface area contributed by atoms with Crippen LogP contribution >= 0.6 is 11.6 Å². The summed E-state index contributed by atoms with van der Waals surface area (Å²) in [4.78, 5) is 20.5. The molecule has 2 aromatic heterocycles. The number of carbonyl (C=O) groups is 1. The Morgan fingerprint density at radius 3 is 2.89 bits per heavy atom. The van der Waals surface area contributed by atoms with Gasteiger partial charge in [-0.15, -0.1) is 6.42 Å². The van der Waals surface area contributed by atoms with Gasteiger partial charge >= 0.3 is 5.97 Å². The third-order valence-electron chi connectivity index (χ3n) is 6.33. The monoisotopic (exact) mass is 402 g/mol. The van der Waals surface area contributed by atoms with Gasteiger partial charge in [-0.3, -0.25) is 4.79 Å². The smallest absolute Gasteiger partial charge is 0.312 e. The standard InChI is InChI=1S/C19H19ClN4O4/c1-2-19(9-27-16(26)18-6-10(7-18)8-18)12(25)5-13(28-19)24-4-3-11-14(21)22-17(20)23-15(11)24/h1,3-4,10,12-13,25H,5-9H2,(H2,21,22,23)/t10?,12-,13+,18?,19+/m0/s1. The van der Waals surface area contributed by atoms with Gasteiger partial charge in [0.2, 0.25) is 5.28 Å². The fourth-order valence-corrected chi connectivity index (χ4v) is 4.71. The van der Waals surface area contributed by atoms with Crippen LogP contribution in [0.3, 0.4) is 0 Å². The second kappa shape index (κ2) is 5.83. The molecule has 146 valence electrons. The number of terminal acetylenes is 1. The normalized spacial score (nSPS) is 35.8. The third kappa shape index (κ3) is 2.37. The highest BCUT2D eigenvalue weighted by molar-refractivity contribution is 6.28. The second-order valence-electron chi connectivity index (χ2n) is 8.03. The Morgan fingerprint density at radius 1 is 1.50 bits per heavy atom. The van der Waals surface area contributed by atoms with Gasteiger partial charge in [-0.2, -0.15) is 4.98 Å². The van der Waals surface area contributed by atoms with E-state index < -0.39 is 17.9 Å². The highest BCUT2D eigenvalue weighted by atomic mass is 35.5. The fourth-order valence-electron chi connectivity index (χ4n) is 4.54. The number of carbonyl (C=O) groups excluding carboxylic acids is 1. The number of fused-ring (bicyclic) bond motifs is 1. The topological polar surface area (TPSA) is 112 Å². The maximum atomic E-state index is 12.4. The lowest BCUT2D eigenvalue weighted by molar-refractivity contribution is -0.199. The lowest BCUT2D eigenvalue weighted by Gasteiger charge is -2.59. The molecule has 0 aromatic carbocycles. The number of nitrogen functional groups attached to an aromatic ring is 1. The Balaban J connectivity index is 1.37. The van der Waals surface area contributed by atoms with Crippen molar-refractivity contribution in [3.05, 3.63) is 17.5 Å². The van der Waals surface area contributed by atoms with Crippen LogP contribution < -0.4 is 5.73 Å². The molecule has 0 unspecified atom stereocenters. The van der Waals surface area contributed by atoms with Crippen molar-refractivity contribution in [2.45, 2.75) is 43.6 Å². The zero-order chi connectivity index (χ0) is 19.7. The molecule has 0 radical (unpaired) electrons. The van der Waals surface area contributed by atoms with Crippen molar-refractivity contribution < 1.29 is 19.4 Å². The highest BCUT2D eigenvalue weighted by Crippen LogP contribution is 2.65. The molecule has 6 rings (SSSR count). The summed E-state index contributed by atoms with van der Waals surface area (Å²) < 4.78 is 13.2. The molecule has 3 atom stereocenters. The molecular formula is C19H19ClN4O4. The summed E-state index contributed by atoms with van der Waals surface area (Å²) in [5, 5.41) is 11.3. The van der Waals surface area contributed by atoms with Crippen molar-refractivity contribution in [1.82, 2.24) is 14.5 Å². The van der Waals surface area contributed by atoms with E-state index in [0.29, 0.717) is 17.0 Å². The van der Waals surface area contributed by atoms with E-state index in [-0.39, 0.29) is 35.5 Å². The summed E-state index contributed by atoms with van der Waals surface area (Å²) in [6, 6.07) is 1.75. The maximum Gasteiger partial charge on any atom is 0.312 e. The molecule has 9 heteroatoms. The quantitative estimate of drug-likeness (QED) is 0.454. The largest absolute Gasteiger partial charge is 0.461 e. The molecule has 8 nitrogen and oxygen atoms in total. The molecule has 2 aromatic rings. The van der Waals surface area contributed by atoms with Crippen LogP contribution in [0.1, 0.15) is 31.9 Å². The molecule has 4 fully saturated rings. The van der Waals surface area contributed by atoms with Crippen molar-refractivity contribution in [3.63, 3.8) is 0 Å². The van der Waals surface area contributed by atoms with Crippen molar-refractivity contribution >= 4 is 34.4 Å². The number of aliphatic hydroxyl groups excluding tert-OH is 1. The summed E-state index contributed by atoms with van der Waals surface area (Å²) in [7, 11) is 0. The summed E-state index contributed by atoms with van der Waals surface area (Å²) in [6.07, 6.45) is 8.67.